The third kappa shape index (κ3) is 6.27. The van der Waals surface area contributed by atoms with Crippen LogP contribution in [-0.2, 0) is 29.7 Å². The predicted octanol–water partition coefficient (Wildman–Crippen LogP) is 3.18. The van der Waals surface area contributed by atoms with Crippen LogP contribution in [0.1, 0.15) is 37.6 Å². The summed E-state index contributed by atoms with van der Waals surface area (Å²) in [5.74, 6) is -0.171. The number of aryl methyl sites for hydroxylation is 1. The summed E-state index contributed by atoms with van der Waals surface area (Å²) in [5.41, 5.74) is -2.39. The van der Waals surface area contributed by atoms with Crippen LogP contribution in [-0.4, -0.2) is 67.3 Å². The van der Waals surface area contributed by atoms with Gasteiger partial charge in [-0.3, -0.25) is 4.68 Å². The molecular formula is C22H28F3N7O3S2. The van der Waals surface area contributed by atoms with Crippen LogP contribution in [0.4, 0.5) is 19.1 Å². The summed E-state index contributed by atoms with van der Waals surface area (Å²) in [5, 5.41) is 17.1. The Kier molecular flexibility index (Phi) is 7.35. The SMILES string of the molecule is C[C@@H]1CN(S(=O)(=O)c2cnn(C)c2)CC[C@@H]1Nc1ncc(C(F)(F)F)c(-c2ncc(CC(C)(C)O)s2)n1. The molecule has 0 saturated carbocycles. The van der Waals surface area contributed by atoms with E-state index in [0.29, 0.717) is 11.3 Å². The van der Waals surface area contributed by atoms with Gasteiger partial charge < -0.3 is 10.4 Å². The summed E-state index contributed by atoms with van der Waals surface area (Å²) in [7, 11) is -2.07. The summed E-state index contributed by atoms with van der Waals surface area (Å²) >= 11 is 1.03. The first kappa shape index (κ1) is 27.4. The molecule has 0 spiro atoms. The quantitative estimate of drug-likeness (QED) is 0.452. The predicted molar refractivity (Wildman–Crippen MR) is 131 cm³/mol. The Hall–Kier alpha value is -2.62. The Morgan fingerprint density at radius 1 is 1.22 bits per heavy atom. The lowest BCUT2D eigenvalue weighted by atomic mass is 9.95. The van der Waals surface area contributed by atoms with E-state index < -0.39 is 27.4 Å². The number of nitrogens with zero attached hydrogens (tertiary/aromatic N) is 6. The smallest absolute Gasteiger partial charge is 0.390 e. The standard InChI is InChI=1S/C22H28F3N7O3S2/c1-13-11-32(37(34,35)15-9-28-31(4)12-15)6-5-17(13)29-20-27-10-16(22(23,24)25)18(30-20)19-26-8-14(36-19)7-21(2,3)33/h8-10,12-13,17,33H,5-7,11H2,1-4H3,(H,27,29,30)/t13-,17+/m1/s1. The molecule has 1 saturated heterocycles. The minimum atomic E-state index is -4.69. The number of piperidine rings is 1. The van der Waals surface area contributed by atoms with Gasteiger partial charge in [-0.25, -0.2) is 23.4 Å². The number of anilines is 1. The van der Waals surface area contributed by atoms with E-state index in [0.717, 1.165) is 17.5 Å². The topological polar surface area (TPSA) is 126 Å². The summed E-state index contributed by atoms with van der Waals surface area (Å²) in [6.45, 7) is 5.51. The van der Waals surface area contributed by atoms with Crippen LogP contribution < -0.4 is 5.32 Å². The van der Waals surface area contributed by atoms with Crippen molar-refractivity contribution < 1.29 is 26.7 Å². The molecule has 4 heterocycles. The molecule has 3 aromatic rings. The zero-order valence-corrected chi connectivity index (χ0v) is 22.3. The van der Waals surface area contributed by atoms with E-state index in [4.69, 9.17) is 0 Å². The maximum atomic E-state index is 13.7. The van der Waals surface area contributed by atoms with E-state index in [2.05, 4.69) is 25.4 Å². The highest BCUT2D eigenvalue weighted by atomic mass is 32.2. The summed E-state index contributed by atoms with van der Waals surface area (Å²) in [6, 6.07) is -0.257. The van der Waals surface area contributed by atoms with Crippen molar-refractivity contribution in [2.75, 3.05) is 18.4 Å². The van der Waals surface area contributed by atoms with Crippen LogP contribution in [0.2, 0.25) is 0 Å². The number of hydrogen-bond acceptors (Lipinski definition) is 9. The fourth-order valence-electron chi connectivity index (χ4n) is 4.13. The van der Waals surface area contributed by atoms with Gasteiger partial charge in [0.15, 0.2) is 0 Å². The largest absolute Gasteiger partial charge is 0.420 e. The average molecular weight is 560 g/mol. The van der Waals surface area contributed by atoms with Gasteiger partial charge in [-0.2, -0.15) is 22.6 Å². The van der Waals surface area contributed by atoms with Gasteiger partial charge in [0, 0.05) is 56.1 Å². The second-order valence-electron chi connectivity index (χ2n) is 9.80. The zero-order valence-electron chi connectivity index (χ0n) is 20.7. The van der Waals surface area contributed by atoms with Crippen LogP contribution in [0.25, 0.3) is 10.7 Å². The molecule has 202 valence electrons. The van der Waals surface area contributed by atoms with E-state index in [9.17, 15) is 26.7 Å². The molecule has 0 unspecified atom stereocenters. The number of sulfonamides is 1. The first-order valence-electron chi connectivity index (χ1n) is 11.5. The van der Waals surface area contributed by atoms with Crippen molar-refractivity contribution in [1.29, 1.82) is 0 Å². The number of halogens is 3. The van der Waals surface area contributed by atoms with Crippen molar-refractivity contribution in [1.82, 2.24) is 29.0 Å². The number of hydrogen-bond donors (Lipinski definition) is 2. The highest BCUT2D eigenvalue weighted by Crippen LogP contribution is 2.38. The van der Waals surface area contributed by atoms with Crippen LogP contribution in [0.5, 0.6) is 0 Å². The molecule has 1 aliphatic heterocycles. The second-order valence-corrected chi connectivity index (χ2v) is 12.9. The van der Waals surface area contributed by atoms with Crippen molar-refractivity contribution in [3.63, 3.8) is 0 Å². The molecule has 0 aliphatic carbocycles. The number of aliphatic hydroxyl groups is 1. The molecule has 15 heteroatoms. The van der Waals surface area contributed by atoms with Crippen molar-refractivity contribution in [3.05, 3.63) is 35.2 Å². The molecule has 0 bridgehead atoms. The Balaban J connectivity index is 1.54. The molecule has 4 rings (SSSR count). The molecule has 0 radical (unpaired) electrons. The second kappa shape index (κ2) is 9.93. The Morgan fingerprint density at radius 3 is 2.54 bits per heavy atom. The molecule has 1 fully saturated rings. The van der Waals surface area contributed by atoms with E-state index >= 15 is 0 Å². The summed E-state index contributed by atoms with van der Waals surface area (Å²) in [4.78, 5) is 12.9. The van der Waals surface area contributed by atoms with Crippen LogP contribution in [0.3, 0.4) is 0 Å². The zero-order chi connectivity index (χ0) is 27.2. The average Bonchev–Trinajstić information content (AvgIpc) is 3.42. The van der Waals surface area contributed by atoms with Gasteiger partial charge in [-0.1, -0.05) is 6.92 Å². The van der Waals surface area contributed by atoms with E-state index in [1.165, 1.54) is 27.6 Å². The third-order valence-corrected chi connectivity index (χ3v) is 8.78. The molecule has 0 aromatic carbocycles. The fraction of sp³-hybridized carbons (Fsp3) is 0.545. The van der Waals surface area contributed by atoms with Gasteiger partial charge in [0.2, 0.25) is 16.0 Å². The first-order valence-corrected chi connectivity index (χ1v) is 13.8. The molecule has 1 aliphatic rings. The molecule has 2 N–H and O–H groups in total. The normalized spacial score (nSPS) is 19.8. The Bertz CT molecular complexity index is 1370. The number of aromatic nitrogens is 5. The molecule has 3 aromatic heterocycles. The minimum Gasteiger partial charge on any atom is -0.390 e. The molecule has 10 nitrogen and oxygen atoms in total. The number of nitrogens with one attached hydrogen (secondary N) is 1. The highest BCUT2D eigenvalue weighted by molar-refractivity contribution is 7.89. The van der Waals surface area contributed by atoms with Crippen LogP contribution >= 0.6 is 11.3 Å². The lowest BCUT2D eigenvalue weighted by molar-refractivity contribution is -0.137. The van der Waals surface area contributed by atoms with Crippen molar-refractivity contribution in [3.8, 4) is 10.7 Å². The van der Waals surface area contributed by atoms with Gasteiger partial charge >= 0.3 is 6.18 Å². The molecule has 37 heavy (non-hydrogen) atoms. The first-order chi connectivity index (χ1) is 17.1. The van der Waals surface area contributed by atoms with E-state index in [1.807, 2.05) is 6.92 Å². The fourth-order valence-corrected chi connectivity index (χ4v) is 6.81. The van der Waals surface area contributed by atoms with Gasteiger partial charge in [-0.15, -0.1) is 11.3 Å². The monoisotopic (exact) mass is 559 g/mol. The number of rotatable bonds is 7. The third-order valence-electron chi connectivity index (χ3n) is 5.96. The van der Waals surface area contributed by atoms with Crippen molar-refractivity contribution in [2.24, 2.45) is 13.0 Å². The van der Waals surface area contributed by atoms with Crippen LogP contribution in [0, 0.1) is 5.92 Å². The minimum absolute atomic E-state index is 0.00246. The lowest BCUT2D eigenvalue weighted by Crippen LogP contribution is -2.47. The van der Waals surface area contributed by atoms with Crippen molar-refractivity contribution >= 4 is 27.3 Å². The maximum absolute atomic E-state index is 13.7. The highest BCUT2D eigenvalue weighted by Gasteiger charge is 2.38. The van der Waals surface area contributed by atoms with E-state index in [-0.39, 0.29) is 53.0 Å². The number of alkyl halides is 3. The van der Waals surface area contributed by atoms with Gasteiger partial charge in [0.1, 0.15) is 21.2 Å². The Labute approximate surface area is 216 Å². The summed E-state index contributed by atoms with van der Waals surface area (Å²) in [6.07, 6.45) is 0.867. The van der Waals surface area contributed by atoms with Crippen LogP contribution in [0.15, 0.2) is 29.7 Å². The molecule has 2 atom stereocenters. The summed E-state index contributed by atoms with van der Waals surface area (Å²) < 4.78 is 69.8. The van der Waals surface area contributed by atoms with Gasteiger partial charge in [-0.05, 0) is 26.2 Å². The van der Waals surface area contributed by atoms with Gasteiger partial charge in [0.05, 0.1) is 11.8 Å². The number of thiazole rings is 1. The van der Waals surface area contributed by atoms with E-state index in [1.54, 1.807) is 20.9 Å². The van der Waals surface area contributed by atoms with Gasteiger partial charge in [0.25, 0.3) is 0 Å². The molecular weight excluding hydrogens is 531 g/mol. The van der Waals surface area contributed by atoms with Crippen molar-refractivity contribution in [2.45, 2.75) is 56.3 Å². The Morgan fingerprint density at radius 2 is 1.95 bits per heavy atom. The molecule has 0 amide bonds. The lowest BCUT2D eigenvalue weighted by Gasteiger charge is -2.36. The maximum Gasteiger partial charge on any atom is 0.420 e.